The van der Waals surface area contributed by atoms with Crippen LogP contribution in [0.5, 0.6) is 0 Å². The van der Waals surface area contributed by atoms with Crippen molar-refractivity contribution in [2.45, 2.75) is 71.9 Å². The molecular formula is C23H34N6. The third-order valence-corrected chi connectivity index (χ3v) is 6.31. The monoisotopic (exact) mass is 394 g/mol. The summed E-state index contributed by atoms with van der Waals surface area (Å²) in [5.41, 5.74) is 4.42. The summed E-state index contributed by atoms with van der Waals surface area (Å²) < 4.78 is 2.25. The topological polar surface area (TPSA) is 67.1 Å². The van der Waals surface area contributed by atoms with E-state index < -0.39 is 0 Å². The zero-order valence-electron chi connectivity index (χ0n) is 18.0. The minimum atomic E-state index is 0.234. The Labute approximate surface area is 174 Å². The Balaban J connectivity index is 1.40. The van der Waals surface area contributed by atoms with Gasteiger partial charge in [-0.05, 0) is 75.5 Å². The third kappa shape index (κ3) is 4.62. The number of nitrogens with one attached hydrogen (secondary N) is 2. The van der Waals surface area contributed by atoms with Crippen molar-refractivity contribution in [3.8, 4) is 0 Å². The standard InChI is InChI=1S/C23H34N6/c1-4-24-23(25-14-18-9-12-22-28-27-17(3)29(22)15-18)26-16(2)20-11-10-19-7-5-6-8-21(19)13-20/h10-11,13,16,18H,4-9,12,14-15H2,1-3H3,(H2,24,25,26). The molecule has 0 amide bonds. The smallest absolute Gasteiger partial charge is 0.191 e. The first kappa shape index (κ1) is 19.9. The minimum absolute atomic E-state index is 0.234. The Morgan fingerprint density at radius 1 is 1.21 bits per heavy atom. The molecule has 2 aliphatic rings. The van der Waals surface area contributed by atoms with Crippen molar-refractivity contribution in [3.05, 3.63) is 46.5 Å². The van der Waals surface area contributed by atoms with E-state index in [4.69, 9.17) is 4.99 Å². The number of aryl methyl sites for hydroxylation is 4. The predicted octanol–water partition coefficient (Wildman–Crippen LogP) is 3.34. The van der Waals surface area contributed by atoms with Crippen molar-refractivity contribution < 1.29 is 0 Å². The highest BCUT2D eigenvalue weighted by Gasteiger charge is 2.21. The molecule has 1 aromatic carbocycles. The molecule has 2 aromatic rings. The van der Waals surface area contributed by atoms with Gasteiger partial charge in [-0.25, -0.2) is 0 Å². The van der Waals surface area contributed by atoms with Gasteiger partial charge >= 0.3 is 0 Å². The van der Waals surface area contributed by atoms with Crippen molar-refractivity contribution in [2.24, 2.45) is 10.9 Å². The van der Waals surface area contributed by atoms with Crippen molar-refractivity contribution in [2.75, 3.05) is 13.1 Å². The number of guanidine groups is 1. The van der Waals surface area contributed by atoms with Crippen LogP contribution in [0.15, 0.2) is 23.2 Å². The van der Waals surface area contributed by atoms with Crippen LogP contribution < -0.4 is 10.6 Å². The van der Waals surface area contributed by atoms with Gasteiger partial charge in [0.2, 0.25) is 0 Å². The zero-order valence-corrected chi connectivity index (χ0v) is 18.0. The first-order valence-electron chi connectivity index (χ1n) is 11.2. The van der Waals surface area contributed by atoms with E-state index in [9.17, 15) is 0 Å². The maximum absolute atomic E-state index is 4.92. The van der Waals surface area contributed by atoms with Crippen LogP contribution in [0.4, 0.5) is 0 Å². The van der Waals surface area contributed by atoms with E-state index in [0.29, 0.717) is 5.92 Å². The first-order chi connectivity index (χ1) is 14.1. The van der Waals surface area contributed by atoms with Crippen LogP contribution in [0.2, 0.25) is 0 Å². The van der Waals surface area contributed by atoms with Crippen molar-refractivity contribution in [1.29, 1.82) is 0 Å². The lowest BCUT2D eigenvalue weighted by atomic mass is 9.89. The van der Waals surface area contributed by atoms with Gasteiger partial charge in [0.05, 0.1) is 6.04 Å². The highest BCUT2D eigenvalue weighted by atomic mass is 15.3. The fourth-order valence-corrected chi connectivity index (χ4v) is 4.53. The van der Waals surface area contributed by atoms with Crippen LogP contribution in [-0.4, -0.2) is 33.8 Å². The number of aromatic nitrogens is 3. The predicted molar refractivity (Wildman–Crippen MR) is 117 cm³/mol. The number of benzene rings is 1. The molecule has 2 heterocycles. The zero-order chi connectivity index (χ0) is 20.2. The molecule has 1 aromatic heterocycles. The fourth-order valence-electron chi connectivity index (χ4n) is 4.53. The van der Waals surface area contributed by atoms with E-state index in [1.54, 1.807) is 0 Å². The Bertz CT molecular complexity index is 868. The van der Waals surface area contributed by atoms with Crippen molar-refractivity contribution in [3.63, 3.8) is 0 Å². The second kappa shape index (κ2) is 8.97. The Kier molecular flexibility index (Phi) is 6.16. The van der Waals surface area contributed by atoms with Gasteiger partial charge in [0, 0.05) is 26.1 Å². The lowest BCUT2D eigenvalue weighted by molar-refractivity contribution is 0.369. The normalized spacial score (nSPS) is 20.0. The van der Waals surface area contributed by atoms with E-state index in [-0.39, 0.29) is 6.04 Å². The molecular weight excluding hydrogens is 360 g/mol. The van der Waals surface area contributed by atoms with Crippen LogP contribution in [0.1, 0.15) is 67.5 Å². The van der Waals surface area contributed by atoms with Crippen molar-refractivity contribution >= 4 is 5.96 Å². The molecule has 0 radical (unpaired) electrons. The molecule has 2 atom stereocenters. The molecule has 1 aliphatic carbocycles. The van der Waals surface area contributed by atoms with Gasteiger partial charge in [-0.2, -0.15) is 0 Å². The van der Waals surface area contributed by atoms with E-state index in [1.807, 2.05) is 6.92 Å². The van der Waals surface area contributed by atoms with Gasteiger partial charge in [-0.3, -0.25) is 4.99 Å². The second-order valence-corrected chi connectivity index (χ2v) is 8.50. The largest absolute Gasteiger partial charge is 0.357 e. The van der Waals surface area contributed by atoms with Crippen LogP contribution in [0, 0.1) is 12.8 Å². The lowest BCUT2D eigenvalue weighted by Crippen LogP contribution is -2.39. The fraction of sp³-hybridized carbons (Fsp3) is 0.609. The summed E-state index contributed by atoms with van der Waals surface area (Å²) in [6.45, 7) is 9.04. The van der Waals surface area contributed by atoms with Gasteiger partial charge in [0.15, 0.2) is 5.96 Å². The number of hydrogen-bond donors (Lipinski definition) is 2. The number of nitrogens with zero attached hydrogens (tertiary/aromatic N) is 4. The first-order valence-corrected chi connectivity index (χ1v) is 11.2. The van der Waals surface area contributed by atoms with Gasteiger partial charge in [0.25, 0.3) is 0 Å². The second-order valence-electron chi connectivity index (χ2n) is 8.50. The number of rotatable bonds is 5. The molecule has 6 nitrogen and oxygen atoms in total. The molecule has 0 bridgehead atoms. The number of fused-ring (bicyclic) bond motifs is 2. The summed E-state index contributed by atoms with van der Waals surface area (Å²) in [4.78, 5) is 4.92. The Hall–Kier alpha value is -2.37. The Morgan fingerprint density at radius 3 is 2.86 bits per heavy atom. The lowest BCUT2D eigenvalue weighted by Gasteiger charge is -2.24. The third-order valence-electron chi connectivity index (χ3n) is 6.31. The van der Waals surface area contributed by atoms with Gasteiger partial charge < -0.3 is 15.2 Å². The molecule has 29 heavy (non-hydrogen) atoms. The molecule has 4 rings (SSSR count). The molecule has 0 spiro atoms. The summed E-state index contributed by atoms with van der Waals surface area (Å²) in [7, 11) is 0. The molecule has 2 unspecified atom stereocenters. The summed E-state index contributed by atoms with van der Waals surface area (Å²) >= 11 is 0. The van der Waals surface area contributed by atoms with Crippen LogP contribution in [-0.2, 0) is 25.8 Å². The molecule has 0 saturated heterocycles. The summed E-state index contributed by atoms with van der Waals surface area (Å²) in [6, 6.07) is 7.24. The maximum atomic E-state index is 4.92. The summed E-state index contributed by atoms with van der Waals surface area (Å²) in [6.07, 6.45) is 7.22. The van der Waals surface area contributed by atoms with Crippen LogP contribution >= 0.6 is 0 Å². The van der Waals surface area contributed by atoms with E-state index in [1.165, 1.54) is 42.4 Å². The average Bonchev–Trinajstić information content (AvgIpc) is 3.12. The van der Waals surface area contributed by atoms with Crippen LogP contribution in [0.25, 0.3) is 0 Å². The number of hydrogen-bond acceptors (Lipinski definition) is 3. The van der Waals surface area contributed by atoms with Gasteiger partial charge in [-0.1, -0.05) is 18.2 Å². The molecule has 0 fully saturated rings. The minimum Gasteiger partial charge on any atom is -0.357 e. The molecule has 6 heteroatoms. The van der Waals surface area contributed by atoms with Gasteiger partial charge in [-0.15, -0.1) is 10.2 Å². The van der Waals surface area contributed by atoms with Gasteiger partial charge in [0.1, 0.15) is 11.6 Å². The average molecular weight is 395 g/mol. The summed E-state index contributed by atoms with van der Waals surface area (Å²) in [5, 5.41) is 15.5. The molecule has 1 aliphatic heterocycles. The quantitative estimate of drug-likeness (QED) is 0.603. The molecule has 0 saturated carbocycles. The van der Waals surface area contributed by atoms with Crippen LogP contribution in [0.3, 0.4) is 0 Å². The Morgan fingerprint density at radius 2 is 2.03 bits per heavy atom. The number of aliphatic imine (C=N–C) groups is 1. The molecule has 156 valence electrons. The molecule has 2 N–H and O–H groups in total. The van der Waals surface area contributed by atoms with Crippen molar-refractivity contribution in [1.82, 2.24) is 25.4 Å². The highest BCUT2D eigenvalue weighted by Crippen LogP contribution is 2.25. The highest BCUT2D eigenvalue weighted by molar-refractivity contribution is 5.80. The maximum Gasteiger partial charge on any atom is 0.191 e. The van der Waals surface area contributed by atoms with E-state index in [0.717, 1.165) is 50.1 Å². The van der Waals surface area contributed by atoms with E-state index >= 15 is 0 Å². The summed E-state index contributed by atoms with van der Waals surface area (Å²) in [5.74, 6) is 3.57. The van der Waals surface area contributed by atoms with E-state index in [2.05, 4.69) is 57.4 Å². The SMILES string of the molecule is CCNC(=NCC1CCc2nnc(C)n2C1)NC(C)c1ccc2c(c1)CCCC2.